The van der Waals surface area contributed by atoms with Crippen molar-refractivity contribution in [2.45, 2.75) is 18.6 Å². The topological polar surface area (TPSA) is 33.2 Å². The minimum Gasteiger partial charge on any atom is -0.335 e. The molecule has 1 aromatic rings. The van der Waals surface area contributed by atoms with E-state index in [0.29, 0.717) is 16.0 Å². The number of rotatable bonds is 2. The fraction of sp³-hybridized carbons (Fsp3) is 0.500. The summed E-state index contributed by atoms with van der Waals surface area (Å²) in [6.07, 6.45) is 2.67. The normalized spacial score (nSPS) is 20.4. The van der Waals surface area contributed by atoms with Gasteiger partial charge in [0, 0.05) is 35.3 Å². The van der Waals surface area contributed by atoms with Crippen LogP contribution in [-0.4, -0.2) is 39.9 Å². The summed E-state index contributed by atoms with van der Waals surface area (Å²) in [6, 6.07) is 3.31. The maximum absolute atomic E-state index is 12.2. The number of hydrogen-bond acceptors (Lipinski definition) is 3. The van der Waals surface area contributed by atoms with Crippen LogP contribution < -0.4 is 0 Å². The van der Waals surface area contributed by atoms with Crippen molar-refractivity contribution in [3.05, 3.63) is 29.0 Å². The summed E-state index contributed by atoms with van der Waals surface area (Å²) in [4.78, 5) is 18.2. The predicted octanol–water partition coefficient (Wildman–Crippen LogP) is 2.70. The first-order valence-corrected chi connectivity index (χ1v) is 7.16. The van der Waals surface area contributed by atoms with Gasteiger partial charge in [-0.2, -0.15) is 11.8 Å². The number of amides is 1. The van der Waals surface area contributed by atoms with Crippen molar-refractivity contribution in [1.29, 1.82) is 0 Å². The van der Waals surface area contributed by atoms with Crippen LogP contribution in [0.2, 0.25) is 5.02 Å². The molecule has 1 aromatic heterocycles. The van der Waals surface area contributed by atoms with Crippen LogP contribution in [0.25, 0.3) is 0 Å². The molecule has 2 heterocycles. The highest BCUT2D eigenvalue weighted by Gasteiger charge is 2.24. The van der Waals surface area contributed by atoms with Gasteiger partial charge in [0.1, 0.15) is 5.69 Å². The number of thioether (sulfide) groups is 1. The fourth-order valence-electron chi connectivity index (χ4n) is 1.83. The molecule has 2 rings (SSSR count). The lowest BCUT2D eigenvalue weighted by atomic mass is 10.2. The monoisotopic (exact) mass is 270 g/mol. The lowest BCUT2D eigenvalue weighted by Crippen LogP contribution is -2.42. The summed E-state index contributed by atoms with van der Waals surface area (Å²) in [5.74, 6) is 0.997. The van der Waals surface area contributed by atoms with Crippen molar-refractivity contribution in [2.24, 2.45) is 0 Å². The number of aromatic nitrogens is 1. The Bertz CT molecular complexity index is 413. The summed E-state index contributed by atoms with van der Waals surface area (Å²) < 4.78 is 0. The third-order valence-corrected chi connectivity index (χ3v) is 4.43. The number of nitrogens with zero attached hydrogens (tertiary/aromatic N) is 2. The van der Waals surface area contributed by atoms with Gasteiger partial charge in [0.25, 0.3) is 5.91 Å². The molecule has 0 aliphatic carbocycles. The van der Waals surface area contributed by atoms with Gasteiger partial charge in [-0.25, -0.2) is 0 Å². The Labute approximate surface area is 111 Å². The Hall–Kier alpha value is -0.740. The SMILES string of the molecule is CCC1CN(C(=O)c2cc(Cl)ccn2)CCS1. The minimum atomic E-state index is -0.00810. The zero-order chi connectivity index (χ0) is 12.3. The van der Waals surface area contributed by atoms with Crippen LogP contribution in [0.3, 0.4) is 0 Å². The second-order valence-corrected chi connectivity index (χ2v) is 5.86. The Morgan fingerprint density at radius 3 is 3.24 bits per heavy atom. The number of carbonyl (C=O) groups is 1. The van der Waals surface area contributed by atoms with Gasteiger partial charge >= 0.3 is 0 Å². The molecule has 1 atom stereocenters. The maximum atomic E-state index is 12.2. The standard InChI is InChI=1S/C12H15ClN2OS/c1-2-10-8-15(5-6-17-10)12(16)11-7-9(13)3-4-14-11/h3-4,7,10H,2,5-6,8H2,1H3. The molecule has 1 aliphatic rings. The lowest BCUT2D eigenvalue weighted by Gasteiger charge is -2.31. The van der Waals surface area contributed by atoms with E-state index in [9.17, 15) is 4.79 Å². The molecule has 5 heteroatoms. The van der Waals surface area contributed by atoms with Crippen LogP contribution in [-0.2, 0) is 0 Å². The largest absolute Gasteiger partial charge is 0.335 e. The number of carbonyl (C=O) groups excluding carboxylic acids is 1. The van der Waals surface area contributed by atoms with Crippen molar-refractivity contribution in [3.8, 4) is 0 Å². The minimum absolute atomic E-state index is 0.00810. The van der Waals surface area contributed by atoms with E-state index in [4.69, 9.17) is 11.6 Å². The van der Waals surface area contributed by atoms with E-state index in [1.807, 2.05) is 16.7 Å². The molecule has 1 amide bonds. The smallest absolute Gasteiger partial charge is 0.272 e. The van der Waals surface area contributed by atoms with Crippen molar-refractivity contribution in [3.63, 3.8) is 0 Å². The molecule has 1 unspecified atom stereocenters. The van der Waals surface area contributed by atoms with Crippen LogP contribution in [0.15, 0.2) is 18.3 Å². The molecule has 3 nitrogen and oxygen atoms in total. The molecule has 0 spiro atoms. The van der Waals surface area contributed by atoms with Gasteiger partial charge in [0.2, 0.25) is 0 Å². The van der Waals surface area contributed by atoms with Gasteiger partial charge < -0.3 is 4.90 Å². The molecule has 1 aliphatic heterocycles. The maximum Gasteiger partial charge on any atom is 0.272 e. The highest BCUT2D eigenvalue weighted by atomic mass is 35.5. The summed E-state index contributed by atoms with van der Waals surface area (Å²) in [5, 5.41) is 1.11. The molecule has 0 N–H and O–H groups in total. The van der Waals surface area contributed by atoms with Gasteiger partial charge in [-0.1, -0.05) is 18.5 Å². The van der Waals surface area contributed by atoms with Gasteiger partial charge in [-0.3, -0.25) is 9.78 Å². The van der Waals surface area contributed by atoms with Crippen molar-refractivity contribution in [1.82, 2.24) is 9.88 Å². The van der Waals surface area contributed by atoms with Gasteiger partial charge in [0.05, 0.1) is 0 Å². The van der Waals surface area contributed by atoms with Crippen LogP contribution in [0.1, 0.15) is 23.8 Å². The highest BCUT2D eigenvalue weighted by Crippen LogP contribution is 2.22. The first-order chi connectivity index (χ1) is 8.20. The Morgan fingerprint density at radius 1 is 1.71 bits per heavy atom. The van der Waals surface area contributed by atoms with E-state index < -0.39 is 0 Å². The molecular formula is C12H15ClN2OS. The third kappa shape index (κ3) is 3.13. The Kier molecular flexibility index (Phi) is 4.29. The Balaban J connectivity index is 2.09. The van der Waals surface area contributed by atoms with Crippen LogP contribution in [0, 0.1) is 0 Å². The van der Waals surface area contributed by atoms with Crippen LogP contribution in [0.4, 0.5) is 0 Å². The van der Waals surface area contributed by atoms with Gasteiger partial charge in [0.15, 0.2) is 0 Å². The van der Waals surface area contributed by atoms with Crippen molar-refractivity contribution < 1.29 is 4.79 Å². The zero-order valence-electron chi connectivity index (χ0n) is 9.73. The molecule has 0 radical (unpaired) electrons. The number of pyridine rings is 1. The van der Waals surface area contributed by atoms with E-state index in [2.05, 4.69) is 11.9 Å². The van der Waals surface area contributed by atoms with E-state index in [1.165, 1.54) is 0 Å². The van der Waals surface area contributed by atoms with Crippen LogP contribution in [0.5, 0.6) is 0 Å². The number of hydrogen-bond donors (Lipinski definition) is 0. The molecule has 92 valence electrons. The Morgan fingerprint density at radius 2 is 2.53 bits per heavy atom. The summed E-state index contributed by atoms with van der Waals surface area (Å²) in [7, 11) is 0. The molecule has 17 heavy (non-hydrogen) atoms. The summed E-state index contributed by atoms with van der Waals surface area (Å²) >= 11 is 7.81. The average molecular weight is 271 g/mol. The highest BCUT2D eigenvalue weighted by molar-refractivity contribution is 8.00. The van der Waals surface area contributed by atoms with E-state index in [0.717, 1.165) is 25.3 Å². The fourth-order valence-corrected chi connectivity index (χ4v) is 3.17. The molecule has 1 saturated heterocycles. The van der Waals surface area contributed by atoms with E-state index in [-0.39, 0.29) is 5.91 Å². The van der Waals surface area contributed by atoms with Crippen molar-refractivity contribution in [2.75, 3.05) is 18.8 Å². The first kappa shape index (κ1) is 12.7. The average Bonchev–Trinajstić information content (AvgIpc) is 2.38. The lowest BCUT2D eigenvalue weighted by molar-refractivity contribution is 0.0755. The summed E-state index contributed by atoms with van der Waals surface area (Å²) in [6.45, 7) is 3.77. The van der Waals surface area contributed by atoms with Crippen molar-refractivity contribution >= 4 is 29.3 Å². The second-order valence-electron chi connectivity index (χ2n) is 4.01. The molecular weight excluding hydrogens is 256 g/mol. The molecule has 0 aromatic carbocycles. The quantitative estimate of drug-likeness (QED) is 0.828. The first-order valence-electron chi connectivity index (χ1n) is 5.73. The van der Waals surface area contributed by atoms with E-state index >= 15 is 0 Å². The third-order valence-electron chi connectivity index (χ3n) is 2.82. The number of halogens is 1. The second kappa shape index (κ2) is 5.74. The summed E-state index contributed by atoms with van der Waals surface area (Å²) in [5.41, 5.74) is 0.444. The van der Waals surface area contributed by atoms with E-state index in [1.54, 1.807) is 18.3 Å². The molecule has 0 saturated carbocycles. The van der Waals surface area contributed by atoms with Gasteiger partial charge in [-0.05, 0) is 18.6 Å². The molecule has 1 fully saturated rings. The molecule has 0 bridgehead atoms. The zero-order valence-corrected chi connectivity index (χ0v) is 11.3. The van der Waals surface area contributed by atoms with Crippen LogP contribution >= 0.6 is 23.4 Å². The van der Waals surface area contributed by atoms with Gasteiger partial charge in [-0.15, -0.1) is 0 Å². The predicted molar refractivity (Wildman–Crippen MR) is 71.7 cm³/mol.